The molecule has 24 heavy (non-hydrogen) atoms. The molecule has 3 nitrogen and oxygen atoms in total. The summed E-state index contributed by atoms with van der Waals surface area (Å²) in [7, 11) is 0. The molecule has 1 saturated carbocycles. The predicted octanol–water partition coefficient (Wildman–Crippen LogP) is 4.42. The minimum atomic E-state index is -0.0519. The minimum absolute atomic E-state index is 0.0361. The van der Waals surface area contributed by atoms with Crippen LogP contribution in [0.3, 0.4) is 0 Å². The van der Waals surface area contributed by atoms with Crippen molar-refractivity contribution in [1.29, 1.82) is 0 Å². The molecule has 0 amide bonds. The van der Waals surface area contributed by atoms with Crippen molar-refractivity contribution in [2.45, 2.75) is 77.6 Å². The van der Waals surface area contributed by atoms with E-state index in [2.05, 4.69) is 32.9 Å². The molecular formula is C21H30O3. The lowest BCUT2D eigenvalue weighted by Crippen LogP contribution is -2.37. The summed E-state index contributed by atoms with van der Waals surface area (Å²) in [4.78, 5) is 13.0. The molecule has 2 heterocycles. The van der Waals surface area contributed by atoms with Crippen molar-refractivity contribution < 1.29 is 14.3 Å². The molecule has 0 radical (unpaired) electrons. The molecule has 132 valence electrons. The molecule has 3 heteroatoms. The van der Waals surface area contributed by atoms with E-state index < -0.39 is 0 Å². The number of fused-ring (bicyclic) bond motifs is 5. The summed E-state index contributed by atoms with van der Waals surface area (Å²) in [5.74, 6) is 2.10. The van der Waals surface area contributed by atoms with Gasteiger partial charge < -0.3 is 9.47 Å². The molecule has 4 aliphatic rings. The van der Waals surface area contributed by atoms with Crippen LogP contribution >= 0.6 is 0 Å². The van der Waals surface area contributed by atoms with E-state index in [9.17, 15) is 4.79 Å². The van der Waals surface area contributed by atoms with Gasteiger partial charge in [-0.3, -0.25) is 0 Å². The molecule has 0 N–H and O–H groups in total. The Morgan fingerprint density at radius 3 is 2.88 bits per heavy atom. The highest BCUT2D eigenvalue weighted by molar-refractivity contribution is 5.90. The van der Waals surface area contributed by atoms with Gasteiger partial charge in [-0.05, 0) is 55.4 Å². The van der Waals surface area contributed by atoms with Crippen LogP contribution in [0, 0.1) is 23.7 Å². The summed E-state index contributed by atoms with van der Waals surface area (Å²) >= 11 is 0. The van der Waals surface area contributed by atoms with Crippen molar-refractivity contribution in [3.05, 3.63) is 23.3 Å². The van der Waals surface area contributed by atoms with Crippen LogP contribution < -0.4 is 0 Å². The summed E-state index contributed by atoms with van der Waals surface area (Å²) < 4.78 is 12.1. The maximum absolute atomic E-state index is 13.0. The number of ether oxygens (including phenoxy) is 2. The Labute approximate surface area is 145 Å². The van der Waals surface area contributed by atoms with Gasteiger partial charge in [0, 0.05) is 11.5 Å². The Balaban J connectivity index is 1.54. The van der Waals surface area contributed by atoms with Gasteiger partial charge >= 0.3 is 5.97 Å². The molecule has 0 aromatic heterocycles. The summed E-state index contributed by atoms with van der Waals surface area (Å²) in [6.07, 6.45) is 11.2. The van der Waals surface area contributed by atoms with E-state index in [0.717, 1.165) is 31.3 Å². The molecular weight excluding hydrogens is 300 g/mol. The van der Waals surface area contributed by atoms with Crippen molar-refractivity contribution in [3.63, 3.8) is 0 Å². The van der Waals surface area contributed by atoms with E-state index >= 15 is 0 Å². The van der Waals surface area contributed by atoms with Gasteiger partial charge in [0.15, 0.2) is 0 Å². The van der Waals surface area contributed by atoms with Crippen LogP contribution in [0.4, 0.5) is 0 Å². The zero-order valence-electron chi connectivity index (χ0n) is 15.2. The molecule has 2 fully saturated rings. The van der Waals surface area contributed by atoms with Crippen LogP contribution in [0.15, 0.2) is 23.3 Å². The second-order valence-electron chi connectivity index (χ2n) is 8.61. The summed E-state index contributed by atoms with van der Waals surface area (Å²) in [5, 5.41) is 0. The molecule has 2 aliphatic carbocycles. The second-order valence-corrected chi connectivity index (χ2v) is 8.61. The number of carbonyl (C=O) groups excluding carboxylic acids is 1. The number of carbonyl (C=O) groups is 1. The van der Waals surface area contributed by atoms with Gasteiger partial charge in [0.05, 0.1) is 12.2 Å². The quantitative estimate of drug-likeness (QED) is 0.567. The first kappa shape index (κ1) is 16.4. The fourth-order valence-corrected chi connectivity index (χ4v) is 5.30. The molecule has 4 rings (SSSR count). The van der Waals surface area contributed by atoms with Crippen LogP contribution in [0.25, 0.3) is 0 Å². The van der Waals surface area contributed by atoms with Gasteiger partial charge in [0.25, 0.3) is 0 Å². The predicted molar refractivity (Wildman–Crippen MR) is 93.4 cm³/mol. The van der Waals surface area contributed by atoms with Crippen LogP contribution in [0.1, 0.15) is 59.3 Å². The molecule has 3 unspecified atom stereocenters. The Bertz CT molecular complexity index is 574. The topological polar surface area (TPSA) is 35.5 Å². The van der Waals surface area contributed by atoms with E-state index in [1.54, 1.807) is 0 Å². The van der Waals surface area contributed by atoms with Crippen molar-refractivity contribution >= 4 is 5.97 Å². The van der Waals surface area contributed by atoms with Gasteiger partial charge in [0.1, 0.15) is 6.10 Å². The molecule has 2 bridgehead atoms. The first-order valence-electron chi connectivity index (χ1n) is 9.82. The summed E-state index contributed by atoms with van der Waals surface area (Å²) in [6.45, 7) is 6.80. The second kappa shape index (κ2) is 6.33. The number of hydrogen-bond donors (Lipinski definition) is 0. The van der Waals surface area contributed by atoms with Crippen LogP contribution in [-0.2, 0) is 14.3 Å². The van der Waals surface area contributed by atoms with E-state index in [4.69, 9.17) is 9.47 Å². The fraction of sp³-hybridized carbons (Fsp3) is 0.762. The van der Waals surface area contributed by atoms with E-state index in [0.29, 0.717) is 23.7 Å². The summed E-state index contributed by atoms with van der Waals surface area (Å²) in [5.41, 5.74) is 2.17. The summed E-state index contributed by atoms with van der Waals surface area (Å²) in [6, 6.07) is 0. The number of rotatable bonds is 3. The maximum Gasteiger partial charge on any atom is 0.334 e. The smallest absolute Gasteiger partial charge is 0.334 e. The zero-order chi connectivity index (χ0) is 16.8. The number of esters is 1. The van der Waals surface area contributed by atoms with Crippen LogP contribution in [0.5, 0.6) is 0 Å². The van der Waals surface area contributed by atoms with Gasteiger partial charge in [-0.15, -0.1) is 0 Å². The third kappa shape index (κ3) is 2.75. The standard InChI is InChI=1S/C21H30O3/c1-12(2)14-8-7-13(3)11-19(14)24-21(22)16-6-4-5-15-17-9-10-18(23-17)20(15)16/h9-10,12-15,17-19H,4-8,11H2,1-3H3/t13?,14?,15-,17+,18-,19?/m0/s1. The van der Waals surface area contributed by atoms with Crippen LogP contribution in [-0.4, -0.2) is 24.3 Å². The van der Waals surface area contributed by atoms with Gasteiger partial charge in [-0.2, -0.15) is 0 Å². The maximum atomic E-state index is 13.0. The molecule has 1 saturated heterocycles. The average molecular weight is 330 g/mol. The lowest BCUT2D eigenvalue weighted by atomic mass is 9.75. The Hall–Kier alpha value is -1.09. The first-order valence-corrected chi connectivity index (χ1v) is 9.82. The van der Waals surface area contributed by atoms with Gasteiger partial charge in [-0.25, -0.2) is 4.79 Å². The highest BCUT2D eigenvalue weighted by Crippen LogP contribution is 2.47. The zero-order valence-corrected chi connectivity index (χ0v) is 15.2. The lowest BCUT2D eigenvalue weighted by Gasteiger charge is -2.37. The monoisotopic (exact) mass is 330 g/mol. The van der Waals surface area contributed by atoms with E-state index in [1.807, 2.05) is 0 Å². The molecule has 0 aromatic carbocycles. The van der Waals surface area contributed by atoms with Crippen molar-refractivity contribution in [2.24, 2.45) is 23.7 Å². The first-order chi connectivity index (χ1) is 11.5. The number of hydrogen-bond acceptors (Lipinski definition) is 3. The van der Waals surface area contributed by atoms with Gasteiger partial charge in [-0.1, -0.05) is 39.3 Å². The fourth-order valence-electron chi connectivity index (χ4n) is 5.30. The SMILES string of the molecule is CC1CCC(C(C)C)C(OC(=O)C2=C3[C@@H]4C=C[C@@H](O4)[C@@H]3CCC2)C1. The van der Waals surface area contributed by atoms with E-state index in [1.165, 1.54) is 18.4 Å². The van der Waals surface area contributed by atoms with Crippen LogP contribution in [0.2, 0.25) is 0 Å². The molecule has 0 aromatic rings. The molecule has 0 spiro atoms. The third-order valence-corrected chi connectivity index (χ3v) is 6.64. The van der Waals surface area contributed by atoms with Crippen molar-refractivity contribution in [2.75, 3.05) is 0 Å². The molecule has 2 aliphatic heterocycles. The normalized spacial score (nSPS) is 41.0. The van der Waals surface area contributed by atoms with Crippen molar-refractivity contribution in [3.8, 4) is 0 Å². The Morgan fingerprint density at radius 1 is 1.25 bits per heavy atom. The molecule has 6 atom stereocenters. The highest BCUT2D eigenvalue weighted by Gasteiger charge is 2.46. The van der Waals surface area contributed by atoms with Crippen molar-refractivity contribution in [1.82, 2.24) is 0 Å². The Morgan fingerprint density at radius 2 is 2.08 bits per heavy atom. The van der Waals surface area contributed by atoms with Gasteiger partial charge in [0.2, 0.25) is 0 Å². The highest BCUT2D eigenvalue weighted by atomic mass is 16.5. The van der Waals surface area contributed by atoms with E-state index in [-0.39, 0.29) is 24.3 Å². The Kier molecular flexibility index (Phi) is 4.32. The largest absolute Gasteiger partial charge is 0.459 e. The average Bonchev–Trinajstić information content (AvgIpc) is 3.16. The third-order valence-electron chi connectivity index (χ3n) is 6.64. The lowest BCUT2D eigenvalue weighted by molar-refractivity contribution is -0.151. The minimum Gasteiger partial charge on any atom is -0.459 e.